The Balaban J connectivity index is 2.44. The molecule has 4 unspecified atom stereocenters. The van der Waals surface area contributed by atoms with Gasteiger partial charge in [-0.05, 0) is 38.5 Å². The first-order valence-electron chi connectivity index (χ1n) is 7.50. The van der Waals surface area contributed by atoms with Gasteiger partial charge in [0.25, 0.3) is 5.60 Å². The summed E-state index contributed by atoms with van der Waals surface area (Å²) in [5.41, 5.74) is -10.9. The summed E-state index contributed by atoms with van der Waals surface area (Å²) in [6.45, 7) is 4.48. The van der Waals surface area contributed by atoms with Crippen LogP contribution in [0.1, 0.15) is 32.6 Å². The van der Waals surface area contributed by atoms with Crippen molar-refractivity contribution in [3.05, 3.63) is 12.7 Å². The number of alkyl halides is 7. The highest BCUT2D eigenvalue weighted by molar-refractivity contribution is 5.81. The molecule has 2 rings (SSSR count). The van der Waals surface area contributed by atoms with E-state index < -0.39 is 59.9 Å². The van der Waals surface area contributed by atoms with Crippen LogP contribution in [0, 0.1) is 11.8 Å². The highest BCUT2D eigenvalue weighted by atomic mass is 19.4. The summed E-state index contributed by atoms with van der Waals surface area (Å²) in [5.74, 6) is -3.56. The van der Waals surface area contributed by atoms with Crippen molar-refractivity contribution in [3.63, 3.8) is 0 Å². The third-order valence-electron chi connectivity index (χ3n) is 5.18. The van der Waals surface area contributed by atoms with E-state index in [0.29, 0.717) is 0 Å². The molecule has 0 spiro atoms. The monoisotopic (exact) mass is 378 g/mol. The van der Waals surface area contributed by atoms with Crippen molar-refractivity contribution in [2.45, 2.75) is 61.8 Å². The van der Waals surface area contributed by atoms with E-state index in [1.165, 1.54) is 6.92 Å². The van der Waals surface area contributed by atoms with Crippen molar-refractivity contribution >= 4 is 5.97 Å². The van der Waals surface area contributed by atoms with Crippen molar-refractivity contribution in [2.24, 2.45) is 11.8 Å². The Hall–Kier alpha value is -1.32. The normalized spacial score (nSPS) is 36.2. The van der Waals surface area contributed by atoms with Gasteiger partial charge in [-0.25, -0.2) is 9.18 Å². The molecule has 0 aromatic carbocycles. The molecule has 10 heteroatoms. The fraction of sp³-hybridized carbons (Fsp3) is 0.800. The number of esters is 1. The van der Waals surface area contributed by atoms with Crippen molar-refractivity contribution in [2.75, 3.05) is 0 Å². The summed E-state index contributed by atoms with van der Waals surface area (Å²) in [6, 6.07) is 0. The van der Waals surface area contributed by atoms with Crippen LogP contribution in [-0.2, 0) is 9.53 Å². The van der Waals surface area contributed by atoms with E-state index in [-0.39, 0.29) is 12.8 Å². The van der Waals surface area contributed by atoms with Gasteiger partial charge in [-0.15, -0.1) is 0 Å². The van der Waals surface area contributed by atoms with E-state index in [1.807, 2.05) is 0 Å². The van der Waals surface area contributed by atoms with Crippen LogP contribution in [0.5, 0.6) is 0 Å². The molecule has 0 saturated heterocycles. The number of aliphatic hydroxyl groups is 1. The predicted molar refractivity (Wildman–Crippen MR) is 71.0 cm³/mol. The maximum absolute atomic E-state index is 15.2. The van der Waals surface area contributed by atoms with Crippen LogP contribution in [0.3, 0.4) is 0 Å². The molecule has 0 aromatic rings. The average Bonchev–Trinajstić information content (AvgIpc) is 2.66. The van der Waals surface area contributed by atoms with Gasteiger partial charge in [0.15, 0.2) is 5.67 Å². The minimum Gasteiger partial charge on any atom is -0.456 e. The Labute approximate surface area is 138 Å². The zero-order valence-electron chi connectivity index (χ0n) is 13.2. The fourth-order valence-corrected chi connectivity index (χ4v) is 4.32. The Morgan fingerprint density at radius 3 is 2.12 bits per heavy atom. The molecule has 25 heavy (non-hydrogen) atoms. The second-order valence-corrected chi connectivity index (χ2v) is 7.05. The van der Waals surface area contributed by atoms with Gasteiger partial charge in [0.1, 0.15) is 5.60 Å². The molecule has 144 valence electrons. The first-order valence-corrected chi connectivity index (χ1v) is 7.50. The molecule has 0 radical (unpaired) electrons. The maximum Gasteiger partial charge on any atom is 0.429 e. The largest absolute Gasteiger partial charge is 0.456 e. The van der Waals surface area contributed by atoms with Crippen LogP contribution in [0.4, 0.5) is 30.7 Å². The zero-order valence-corrected chi connectivity index (χ0v) is 13.2. The molecule has 2 fully saturated rings. The van der Waals surface area contributed by atoms with Crippen molar-refractivity contribution < 1.29 is 45.4 Å². The van der Waals surface area contributed by atoms with Gasteiger partial charge in [0.05, 0.1) is 0 Å². The minimum absolute atomic E-state index is 0.0967. The maximum atomic E-state index is 15.2. The van der Waals surface area contributed by atoms with Gasteiger partial charge in [-0.2, -0.15) is 26.3 Å². The fourth-order valence-electron chi connectivity index (χ4n) is 4.32. The van der Waals surface area contributed by atoms with Crippen LogP contribution in [0.2, 0.25) is 0 Å². The summed E-state index contributed by atoms with van der Waals surface area (Å²) in [5, 5.41) is 9.54. The van der Waals surface area contributed by atoms with Crippen LogP contribution in [0.15, 0.2) is 12.7 Å². The lowest BCUT2D eigenvalue weighted by Gasteiger charge is -2.45. The molecule has 2 aliphatic carbocycles. The van der Waals surface area contributed by atoms with Crippen molar-refractivity contribution in [3.8, 4) is 0 Å². The molecule has 3 nitrogen and oxygen atoms in total. The number of hydrogen-bond acceptors (Lipinski definition) is 3. The van der Waals surface area contributed by atoms with Gasteiger partial charge in [-0.1, -0.05) is 6.58 Å². The Kier molecular flexibility index (Phi) is 4.47. The molecule has 2 saturated carbocycles. The molecular formula is C15H17F7O3. The van der Waals surface area contributed by atoms with Gasteiger partial charge in [0, 0.05) is 12.0 Å². The summed E-state index contributed by atoms with van der Waals surface area (Å²) in [4.78, 5) is 11.4. The number of carbonyl (C=O) groups excluding carboxylic acids is 1. The van der Waals surface area contributed by atoms with Crippen LogP contribution >= 0.6 is 0 Å². The highest BCUT2D eigenvalue weighted by Crippen LogP contribution is 2.64. The molecule has 0 heterocycles. The van der Waals surface area contributed by atoms with Crippen LogP contribution in [-0.4, -0.2) is 40.3 Å². The number of carbonyl (C=O) groups is 1. The predicted octanol–water partition coefficient (Wildman–Crippen LogP) is 3.86. The summed E-state index contributed by atoms with van der Waals surface area (Å²) < 4.78 is 98.9. The summed E-state index contributed by atoms with van der Waals surface area (Å²) in [7, 11) is 0. The number of rotatable bonds is 3. The molecule has 0 aliphatic heterocycles. The van der Waals surface area contributed by atoms with E-state index >= 15 is 4.39 Å². The van der Waals surface area contributed by atoms with Gasteiger partial charge >= 0.3 is 18.3 Å². The first-order chi connectivity index (χ1) is 11.1. The number of hydrogen-bond donors (Lipinski definition) is 1. The third kappa shape index (κ3) is 2.92. The van der Waals surface area contributed by atoms with E-state index in [4.69, 9.17) is 4.74 Å². The highest BCUT2D eigenvalue weighted by Gasteiger charge is 2.83. The standard InChI is InChI=1S/C15H17F7O3/c1-3-10(23)25-11(2)5-8-4-9(7-11)12(16,6-8)13(24,14(17,18)19)15(20,21)22/h3,8-9,24H,1,4-7H2,2H3. The second-order valence-electron chi connectivity index (χ2n) is 7.05. The van der Waals surface area contributed by atoms with Gasteiger partial charge < -0.3 is 9.84 Å². The lowest BCUT2D eigenvalue weighted by atomic mass is 9.71. The SMILES string of the molecule is C=CC(=O)OC1(C)CC2CC(C1)C(F)(C(O)(C(F)(F)F)C(F)(F)F)C2. The third-order valence-corrected chi connectivity index (χ3v) is 5.18. The van der Waals surface area contributed by atoms with E-state index in [2.05, 4.69) is 6.58 Å². The lowest BCUT2D eigenvalue weighted by Crippen LogP contribution is -2.70. The molecule has 0 amide bonds. The smallest absolute Gasteiger partial charge is 0.429 e. The number of halogens is 7. The average molecular weight is 378 g/mol. The minimum atomic E-state index is -6.24. The quantitative estimate of drug-likeness (QED) is 0.461. The van der Waals surface area contributed by atoms with E-state index in [9.17, 15) is 36.2 Å². The molecule has 2 bridgehead atoms. The molecular weight excluding hydrogens is 361 g/mol. The van der Waals surface area contributed by atoms with E-state index in [1.54, 1.807) is 0 Å². The molecule has 2 aliphatic rings. The van der Waals surface area contributed by atoms with Crippen molar-refractivity contribution in [1.29, 1.82) is 0 Å². The Bertz CT molecular complexity index is 556. The number of fused-ring (bicyclic) bond motifs is 2. The summed E-state index contributed by atoms with van der Waals surface area (Å²) >= 11 is 0. The van der Waals surface area contributed by atoms with Gasteiger partial charge in [-0.3, -0.25) is 0 Å². The topological polar surface area (TPSA) is 46.5 Å². The summed E-state index contributed by atoms with van der Waals surface area (Å²) in [6.07, 6.45) is -13.7. The van der Waals surface area contributed by atoms with Crippen LogP contribution in [0.25, 0.3) is 0 Å². The van der Waals surface area contributed by atoms with E-state index in [0.717, 1.165) is 6.08 Å². The molecule has 1 N–H and O–H groups in total. The Morgan fingerprint density at radius 1 is 1.16 bits per heavy atom. The second kappa shape index (κ2) is 5.59. The lowest BCUT2D eigenvalue weighted by molar-refractivity contribution is -0.407. The Morgan fingerprint density at radius 2 is 1.68 bits per heavy atom. The van der Waals surface area contributed by atoms with Crippen LogP contribution < -0.4 is 0 Å². The zero-order chi connectivity index (χ0) is 19.5. The van der Waals surface area contributed by atoms with Gasteiger partial charge in [0.2, 0.25) is 0 Å². The number of ether oxygens (including phenoxy) is 1. The first kappa shape index (κ1) is 20.0. The van der Waals surface area contributed by atoms with Crippen molar-refractivity contribution in [1.82, 2.24) is 0 Å². The molecule has 4 atom stereocenters. The molecule has 0 aromatic heterocycles.